The summed E-state index contributed by atoms with van der Waals surface area (Å²) in [6.07, 6.45) is 1.73. The number of carbonyl (C=O) groups excluding carboxylic acids is 1. The van der Waals surface area contributed by atoms with Gasteiger partial charge in [-0.1, -0.05) is 53.3 Å². The van der Waals surface area contributed by atoms with Gasteiger partial charge in [0.25, 0.3) is 11.5 Å². The summed E-state index contributed by atoms with van der Waals surface area (Å²) in [6, 6.07) is 16.4. The maximum absolute atomic E-state index is 14.4. The van der Waals surface area contributed by atoms with E-state index in [2.05, 4.69) is 0 Å². The summed E-state index contributed by atoms with van der Waals surface area (Å²) in [5, 5.41) is 2.42. The monoisotopic (exact) mass is 603 g/mol. The highest BCUT2D eigenvalue weighted by atomic mass is 35.5. The summed E-state index contributed by atoms with van der Waals surface area (Å²) in [5.74, 6) is 1.06. The SMILES string of the molecule is CCN(CC)C(=O)C1=C(C)N=c2s/c(=C\c3cc(Cl)ccc3OC(C)C)c(=O)n2[C@@H]1c1c(OC)ccc2ccccc12. The highest BCUT2D eigenvalue weighted by Gasteiger charge is 2.36. The lowest BCUT2D eigenvalue weighted by molar-refractivity contribution is -0.127. The highest BCUT2D eigenvalue weighted by molar-refractivity contribution is 7.07. The molecule has 0 radical (unpaired) electrons. The molecule has 9 heteroatoms. The predicted molar refractivity (Wildman–Crippen MR) is 169 cm³/mol. The number of allylic oxidation sites excluding steroid dienone is 1. The average molecular weight is 604 g/mol. The molecule has 0 saturated carbocycles. The van der Waals surface area contributed by atoms with Crippen molar-refractivity contribution >= 4 is 45.7 Å². The molecule has 4 aromatic rings. The van der Waals surface area contributed by atoms with Gasteiger partial charge in [0, 0.05) is 29.2 Å². The number of fused-ring (bicyclic) bond motifs is 2. The Balaban J connectivity index is 1.84. The third-order valence-corrected chi connectivity index (χ3v) is 8.57. The fourth-order valence-corrected chi connectivity index (χ4v) is 6.64. The van der Waals surface area contributed by atoms with E-state index >= 15 is 0 Å². The smallest absolute Gasteiger partial charge is 0.271 e. The Morgan fingerprint density at radius 1 is 1.12 bits per heavy atom. The molecule has 0 saturated heterocycles. The van der Waals surface area contributed by atoms with Crippen molar-refractivity contribution in [3.8, 4) is 11.5 Å². The Kier molecular flexibility index (Phi) is 8.57. The number of thiazole rings is 1. The van der Waals surface area contributed by atoms with Crippen molar-refractivity contribution in [3.63, 3.8) is 0 Å². The van der Waals surface area contributed by atoms with E-state index in [4.69, 9.17) is 26.1 Å². The first-order valence-corrected chi connectivity index (χ1v) is 15.2. The van der Waals surface area contributed by atoms with Crippen molar-refractivity contribution in [2.45, 2.75) is 46.8 Å². The lowest BCUT2D eigenvalue weighted by atomic mass is 9.90. The van der Waals surface area contributed by atoms with Crippen LogP contribution in [0.3, 0.4) is 0 Å². The van der Waals surface area contributed by atoms with E-state index < -0.39 is 6.04 Å². The molecule has 1 amide bonds. The van der Waals surface area contributed by atoms with Crippen LogP contribution in [0.1, 0.15) is 51.8 Å². The zero-order valence-electron chi connectivity index (χ0n) is 24.6. The number of ether oxygens (including phenoxy) is 2. The van der Waals surface area contributed by atoms with Gasteiger partial charge in [0.05, 0.1) is 29.0 Å². The van der Waals surface area contributed by atoms with Gasteiger partial charge in [0.15, 0.2) is 4.80 Å². The number of rotatable bonds is 8. The lowest BCUT2D eigenvalue weighted by Crippen LogP contribution is -2.43. The Labute approximate surface area is 254 Å². The molecule has 0 aliphatic carbocycles. The molecule has 0 bridgehead atoms. The molecule has 42 heavy (non-hydrogen) atoms. The van der Waals surface area contributed by atoms with Crippen LogP contribution in [-0.2, 0) is 4.79 Å². The zero-order chi connectivity index (χ0) is 30.1. The van der Waals surface area contributed by atoms with E-state index in [9.17, 15) is 9.59 Å². The largest absolute Gasteiger partial charge is 0.496 e. The Morgan fingerprint density at radius 2 is 1.83 bits per heavy atom. The fraction of sp³-hybridized carbons (Fsp3) is 0.303. The molecule has 3 aromatic carbocycles. The fourth-order valence-electron chi connectivity index (χ4n) is 5.42. The van der Waals surface area contributed by atoms with Crippen molar-refractivity contribution in [1.29, 1.82) is 0 Å². The number of hydrogen-bond donors (Lipinski definition) is 0. The molecule has 1 aliphatic heterocycles. The van der Waals surface area contributed by atoms with E-state index in [-0.39, 0.29) is 17.6 Å². The van der Waals surface area contributed by atoms with Crippen molar-refractivity contribution < 1.29 is 14.3 Å². The first kappa shape index (κ1) is 29.6. The minimum absolute atomic E-state index is 0.0605. The molecule has 0 N–H and O–H groups in total. The van der Waals surface area contributed by atoms with Gasteiger partial charge < -0.3 is 14.4 Å². The highest BCUT2D eigenvalue weighted by Crippen LogP contribution is 2.40. The van der Waals surface area contributed by atoms with E-state index in [1.807, 2.05) is 71.0 Å². The second-order valence-electron chi connectivity index (χ2n) is 10.3. The molecule has 5 rings (SSSR count). The van der Waals surface area contributed by atoms with Crippen LogP contribution >= 0.6 is 22.9 Å². The van der Waals surface area contributed by atoms with Crippen LogP contribution in [0.25, 0.3) is 16.8 Å². The van der Waals surface area contributed by atoms with Crippen LogP contribution in [0.5, 0.6) is 11.5 Å². The topological polar surface area (TPSA) is 73.1 Å². The second kappa shape index (κ2) is 12.2. The number of carbonyl (C=O) groups is 1. The van der Waals surface area contributed by atoms with Gasteiger partial charge in [-0.3, -0.25) is 14.2 Å². The number of aromatic nitrogens is 1. The molecule has 1 atom stereocenters. The van der Waals surface area contributed by atoms with Gasteiger partial charge in [-0.15, -0.1) is 0 Å². The van der Waals surface area contributed by atoms with Crippen molar-refractivity contribution in [2.75, 3.05) is 20.2 Å². The predicted octanol–water partition coefficient (Wildman–Crippen LogP) is 5.71. The molecular weight excluding hydrogens is 570 g/mol. The molecule has 0 spiro atoms. The van der Waals surface area contributed by atoms with E-state index in [1.54, 1.807) is 40.9 Å². The second-order valence-corrected chi connectivity index (χ2v) is 11.8. The van der Waals surface area contributed by atoms with Crippen LogP contribution in [0, 0.1) is 0 Å². The van der Waals surface area contributed by atoms with Crippen LogP contribution in [0.4, 0.5) is 0 Å². The van der Waals surface area contributed by atoms with Gasteiger partial charge in [0.2, 0.25) is 0 Å². The number of methoxy groups -OCH3 is 1. The normalized spacial score (nSPS) is 15.1. The molecule has 7 nitrogen and oxygen atoms in total. The number of amides is 1. The van der Waals surface area contributed by atoms with Gasteiger partial charge >= 0.3 is 0 Å². The number of halogens is 1. The molecule has 1 aromatic heterocycles. The first-order chi connectivity index (χ1) is 20.2. The van der Waals surface area contributed by atoms with Gasteiger partial charge in [-0.25, -0.2) is 4.99 Å². The number of nitrogens with zero attached hydrogens (tertiary/aromatic N) is 3. The molecule has 1 aliphatic rings. The van der Waals surface area contributed by atoms with Crippen LogP contribution in [0.2, 0.25) is 5.02 Å². The van der Waals surface area contributed by atoms with Crippen LogP contribution < -0.4 is 24.4 Å². The standard InChI is InChI=1S/C33H34ClN3O4S/c1-7-36(8-2)32(39)28-20(5)35-33-37(30(28)29-24-12-10-9-11-21(24)13-15-26(29)40-6)31(38)27(42-33)18-22-17-23(34)14-16-25(22)41-19(3)4/h9-19,30H,7-8H2,1-6H3/b27-18-/t30-/m0/s1. The minimum Gasteiger partial charge on any atom is -0.496 e. The van der Waals surface area contributed by atoms with Gasteiger partial charge in [-0.05, 0) is 75.7 Å². The molecule has 218 valence electrons. The Morgan fingerprint density at radius 3 is 2.52 bits per heavy atom. The van der Waals surface area contributed by atoms with Crippen LogP contribution in [-0.4, -0.2) is 41.7 Å². The third kappa shape index (κ3) is 5.37. The van der Waals surface area contributed by atoms with Gasteiger partial charge in [-0.2, -0.15) is 0 Å². The molecule has 0 fully saturated rings. The molecule has 2 heterocycles. The van der Waals surface area contributed by atoms with Crippen molar-refractivity contribution in [3.05, 3.63) is 102 Å². The molecular formula is C33H34ClN3O4S. The Bertz CT molecular complexity index is 1890. The maximum Gasteiger partial charge on any atom is 0.271 e. The summed E-state index contributed by atoms with van der Waals surface area (Å²) in [7, 11) is 1.61. The maximum atomic E-state index is 14.4. The van der Waals surface area contributed by atoms with Crippen LogP contribution in [0.15, 0.2) is 75.7 Å². The summed E-state index contributed by atoms with van der Waals surface area (Å²) >= 11 is 7.62. The van der Waals surface area contributed by atoms with Crippen molar-refractivity contribution in [2.24, 2.45) is 4.99 Å². The number of hydrogen-bond acceptors (Lipinski definition) is 6. The average Bonchev–Trinajstić information content (AvgIpc) is 3.27. The summed E-state index contributed by atoms with van der Waals surface area (Å²) < 4.78 is 14.0. The summed E-state index contributed by atoms with van der Waals surface area (Å²) in [4.78, 5) is 35.6. The summed E-state index contributed by atoms with van der Waals surface area (Å²) in [6.45, 7) is 10.7. The van der Waals surface area contributed by atoms with E-state index in [1.165, 1.54) is 11.3 Å². The van der Waals surface area contributed by atoms with Crippen molar-refractivity contribution in [1.82, 2.24) is 9.47 Å². The Hall–Kier alpha value is -3.88. The molecule has 0 unspecified atom stereocenters. The zero-order valence-corrected chi connectivity index (χ0v) is 26.2. The quantitative estimate of drug-likeness (QED) is 0.259. The number of likely N-dealkylation sites (N-methyl/N-ethyl adjacent to an activating group) is 1. The number of benzene rings is 3. The van der Waals surface area contributed by atoms with E-state index in [0.717, 1.165) is 16.3 Å². The van der Waals surface area contributed by atoms with E-state index in [0.29, 0.717) is 55.8 Å². The van der Waals surface area contributed by atoms with Gasteiger partial charge in [0.1, 0.15) is 17.5 Å². The minimum atomic E-state index is -0.747. The summed E-state index contributed by atoms with van der Waals surface area (Å²) in [5.41, 5.74) is 2.22. The first-order valence-electron chi connectivity index (χ1n) is 14.0. The third-order valence-electron chi connectivity index (χ3n) is 7.35. The lowest BCUT2D eigenvalue weighted by Gasteiger charge is -2.30.